The topological polar surface area (TPSA) is 81.4 Å². The molecule has 0 aliphatic rings. The minimum absolute atomic E-state index is 0.227. The molecule has 5 heteroatoms. The van der Waals surface area contributed by atoms with Gasteiger partial charge in [0.25, 0.3) is 0 Å². The van der Waals surface area contributed by atoms with Crippen LogP contribution in [0, 0.1) is 0 Å². The number of carbonyl (C=O) groups is 2. The molecule has 0 heterocycles. The first-order valence-corrected chi connectivity index (χ1v) is 10.6. The van der Waals surface area contributed by atoms with Gasteiger partial charge in [-0.25, -0.2) is 4.79 Å². The van der Waals surface area contributed by atoms with Crippen molar-refractivity contribution in [2.75, 3.05) is 0 Å². The Morgan fingerprint density at radius 2 is 1.55 bits per heavy atom. The molecule has 2 atom stereocenters. The molecule has 0 saturated heterocycles. The second kappa shape index (κ2) is 14.7. The van der Waals surface area contributed by atoms with E-state index in [2.05, 4.69) is 47.8 Å². The molecule has 3 aromatic rings. The molecule has 0 fully saturated rings. The molecule has 1 unspecified atom stereocenters. The first-order chi connectivity index (χ1) is 15.0. The fourth-order valence-corrected chi connectivity index (χ4v) is 2.76. The predicted molar refractivity (Wildman–Crippen MR) is 128 cm³/mol. The highest BCUT2D eigenvalue weighted by Gasteiger charge is 2.12. The van der Waals surface area contributed by atoms with Gasteiger partial charge in [-0.15, -0.1) is 0 Å². The molecule has 0 radical (unpaired) electrons. The van der Waals surface area contributed by atoms with Crippen molar-refractivity contribution >= 4 is 23.2 Å². The van der Waals surface area contributed by atoms with E-state index in [0.717, 1.165) is 12.0 Å². The highest BCUT2D eigenvalue weighted by molar-refractivity contribution is 5.83. The van der Waals surface area contributed by atoms with Crippen LogP contribution in [-0.4, -0.2) is 24.5 Å². The first kappa shape index (κ1) is 25.9. The van der Waals surface area contributed by atoms with Gasteiger partial charge in [-0.05, 0) is 42.2 Å². The van der Waals surface area contributed by atoms with Gasteiger partial charge in [-0.2, -0.15) is 0 Å². The molecule has 3 aromatic carbocycles. The number of benzene rings is 3. The fourth-order valence-electron chi connectivity index (χ4n) is 2.76. The third kappa shape index (κ3) is 9.92. The largest absolute Gasteiger partial charge is 0.459 e. The van der Waals surface area contributed by atoms with Crippen LogP contribution >= 0.6 is 0 Å². The fraction of sp³-hybridized carbons (Fsp3) is 0.308. The average molecular weight is 423 g/mol. The second-order valence-electron chi connectivity index (χ2n) is 6.96. The Balaban J connectivity index is 0.000000287. The zero-order chi connectivity index (χ0) is 23.1. The maximum Gasteiger partial charge on any atom is 0.328 e. The van der Waals surface area contributed by atoms with E-state index in [-0.39, 0.29) is 12.6 Å². The SMILES string of the molecule is CC.CC(NC=O)C(=O)OCc1ccccc1.C[C@@H](N)Cc1ccc2ccccc2c1. The zero-order valence-corrected chi connectivity index (χ0v) is 18.9. The number of hydrogen-bond acceptors (Lipinski definition) is 4. The average Bonchev–Trinajstić information content (AvgIpc) is 2.79. The van der Waals surface area contributed by atoms with Gasteiger partial charge in [0.1, 0.15) is 12.6 Å². The minimum atomic E-state index is -0.605. The molecule has 31 heavy (non-hydrogen) atoms. The van der Waals surface area contributed by atoms with Gasteiger partial charge in [0.15, 0.2) is 0 Å². The van der Waals surface area contributed by atoms with Gasteiger partial charge < -0.3 is 15.8 Å². The van der Waals surface area contributed by atoms with Crippen molar-refractivity contribution in [2.45, 2.75) is 52.8 Å². The van der Waals surface area contributed by atoms with Gasteiger partial charge in [0, 0.05) is 6.04 Å². The third-order valence-corrected chi connectivity index (χ3v) is 4.27. The van der Waals surface area contributed by atoms with Gasteiger partial charge in [-0.3, -0.25) is 4.79 Å². The van der Waals surface area contributed by atoms with E-state index in [9.17, 15) is 9.59 Å². The quantitative estimate of drug-likeness (QED) is 0.430. The van der Waals surface area contributed by atoms with Crippen LogP contribution in [0.25, 0.3) is 10.8 Å². The van der Waals surface area contributed by atoms with Crippen LogP contribution in [0.5, 0.6) is 0 Å². The van der Waals surface area contributed by atoms with E-state index >= 15 is 0 Å². The van der Waals surface area contributed by atoms with Crippen molar-refractivity contribution < 1.29 is 14.3 Å². The summed E-state index contributed by atoms with van der Waals surface area (Å²) >= 11 is 0. The Bertz CT molecular complexity index is 911. The Labute approximate surface area is 185 Å². The summed E-state index contributed by atoms with van der Waals surface area (Å²) in [6.45, 7) is 7.83. The lowest BCUT2D eigenvalue weighted by Crippen LogP contribution is -2.34. The highest BCUT2D eigenvalue weighted by atomic mass is 16.5. The number of ether oxygens (including phenoxy) is 1. The van der Waals surface area contributed by atoms with E-state index < -0.39 is 12.0 Å². The number of nitrogens with two attached hydrogens (primary N) is 1. The second-order valence-corrected chi connectivity index (χ2v) is 6.96. The van der Waals surface area contributed by atoms with Crippen molar-refractivity contribution in [3.05, 3.63) is 83.9 Å². The number of rotatable bonds is 7. The van der Waals surface area contributed by atoms with Crippen LogP contribution in [-0.2, 0) is 27.4 Å². The molecule has 0 aromatic heterocycles. The Morgan fingerprint density at radius 3 is 2.16 bits per heavy atom. The summed E-state index contributed by atoms with van der Waals surface area (Å²) in [5.41, 5.74) is 8.01. The maximum absolute atomic E-state index is 11.3. The van der Waals surface area contributed by atoms with E-state index in [1.807, 2.05) is 51.1 Å². The van der Waals surface area contributed by atoms with Crippen molar-refractivity contribution in [3.8, 4) is 0 Å². The van der Waals surface area contributed by atoms with Crippen molar-refractivity contribution in [3.63, 3.8) is 0 Å². The van der Waals surface area contributed by atoms with E-state index in [0.29, 0.717) is 6.41 Å². The van der Waals surface area contributed by atoms with Gasteiger partial charge in [0.05, 0.1) is 0 Å². The summed E-state index contributed by atoms with van der Waals surface area (Å²) in [6, 6.07) is 23.9. The summed E-state index contributed by atoms with van der Waals surface area (Å²) in [7, 11) is 0. The summed E-state index contributed by atoms with van der Waals surface area (Å²) in [6.07, 6.45) is 1.43. The Kier molecular flexibility index (Phi) is 12.3. The van der Waals surface area contributed by atoms with E-state index in [1.165, 1.54) is 16.3 Å². The number of hydrogen-bond donors (Lipinski definition) is 2. The molecule has 0 saturated carbocycles. The number of carbonyl (C=O) groups excluding carboxylic acids is 2. The molecule has 0 bridgehead atoms. The van der Waals surface area contributed by atoms with Crippen LogP contribution in [0.2, 0.25) is 0 Å². The van der Waals surface area contributed by atoms with Crippen LogP contribution in [0.4, 0.5) is 0 Å². The van der Waals surface area contributed by atoms with Crippen LogP contribution in [0.1, 0.15) is 38.8 Å². The minimum Gasteiger partial charge on any atom is -0.459 e. The molecule has 166 valence electrons. The summed E-state index contributed by atoms with van der Waals surface area (Å²) < 4.78 is 4.98. The zero-order valence-electron chi connectivity index (χ0n) is 18.9. The van der Waals surface area contributed by atoms with Gasteiger partial charge >= 0.3 is 5.97 Å². The van der Waals surface area contributed by atoms with Crippen LogP contribution in [0.3, 0.4) is 0 Å². The van der Waals surface area contributed by atoms with Gasteiger partial charge in [-0.1, -0.05) is 86.6 Å². The lowest BCUT2D eigenvalue weighted by molar-refractivity contribution is -0.147. The van der Waals surface area contributed by atoms with E-state index in [1.54, 1.807) is 6.92 Å². The Morgan fingerprint density at radius 1 is 0.935 bits per heavy atom. The first-order valence-electron chi connectivity index (χ1n) is 10.6. The van der Waals surface area contributed by atoms with Gasteiger partial charge in [0.2, 0.25) is 6.41 Å². The number of amides is 1. The lowest BCUT2D eigenvalue weighted by Gasteiger charge is -2.09. The molecule has 0 aliphatic carbocycles. The molecule has 3 rings (SSSR count). The molecular weight excluding hydrogens is 388 g/mol. The standard InChI is InChI=1S/C13H15N.C11H13NO3.C2H6/c1-10(14)8-11-6-7-12-4-2-3-5-13(12)9-11;1-9(12-8-13)11(14)15-7-10-5-3-2-4-6-10;1-2/h2-7,9-10H,8,14H2,1H3;2-6,8-9H,7H2,1H3,(H,12,13);1-2H3/t10-;;/m1../s1. The lowest BCUT2D eigenvalue weighted by atomic mass is 10.0. The van der Waals surface area contributed by atoms with Crippen molar-refractivity contribution in [1.82, 2.24) is 5.32 Å². The summed E-state index contributed by atoms with van der Waals surface area (Å²) in [4.78, 5) is 21.3. The molecule has 0 aliphatic heterocycles. The monoisotopic (exact) mass is 422 g/mol. The molecule has 1 amide bonds. The Hall–Kier alpha value is -3.18. The molecular formula is C26H34N2O3. The maximum atomic E-state index is 11.3. The normalized spacial score (nSPS) is 11.6. The molecule has 3 N–H and O–H groups in total. The van der Waals surface area contributed by atoms with Crippen molar-refractivity contribution in [1.29, 1.82) is 0 Å². The van der Waals surface area contributed by atoms with Crippen LogP contribution < -0.4 is 11.1 Å². The summed E-state index contributed by atoms with van der Waals surface area (Å²) in [5.74, 6) is -0.439. The predicted octanol–water partition coefficient (Wildman–Crippen LogP) is 4.62. The number of fused-ring (bicyclic) bond motifs is 1. The smallest absolute Gasteiger partial charge is 0.328 e. The van der Waals surface area contributed by atoms with Crippen LogP contribution in [0.15, 0.2) is 72.8 Å². The summed E-state index contributed by atoms with van der Waals surface area (Å²) in [5, 5.41) is 4.92. The molecule has 0 spiro atoms. The van der Waals surface area contributed by atoms with Crippen molar-refractivity contribution in [2.24, 2.45) is 5.73 Å². The third-order valence-electron chi connectivity index (χ3n) is 4.27. The molecule has 5 nitrogen and oxygen atoms in total. The highest BCUT2D eigenvalue weighted by Crippen LogP contribution is 2.16. The number of nitrogens with one attached hydrogen (secondary N) is 1. The number of esters is 1. The van der Waals surface area contributed by atoms with E-state index in [4.69, 9.17) is 10.5 Å².